The number of benzene rings is 1. The quantitative estimate of drug-likeness (QED) is 0.585. The molecule has 1 unspecified atom stereocenters. The minimum atomic E-state index is -1.30. The summed E-state index contributed by atoms with van der Waals surface area (Å²) in [5.74, 6) is -3.36. The van der Waals surface area contributed by atoms with Crippen LogP contribution in [-0.2, 0) is 9.59 Å². The Hall–Kier alpha value is -3.36. The van der Waals surface area contributed by atoms with E-state index < -0.39 is 35.2 Å². The highest BCUT2D eigenvalue weighted by atomic mass is 16.5. The van der Waals surface area contributed by atoms with Crippen molar-refractivity contribution < 1.29 is 19.1 Å². The van der Waals surface area contributed by atoms with Crippen molar-refractivity contribution in [2.24, 2.45) is 5.92 Å². The monoisotopic (exact) mass is 344 g/mol. The minimum Gasteiger partial charge on any atom is -0.496 e. The summed E-state index contributed by atoms with van der Waals surface area (Å²) < 4.78 is 5.33. The van der Waals surface area contributed by atoms with Crippen LogP contribution in [0, 0.1) is 12.8 Å². The third kappa shape index (κ3) is 2.80. The standard InChI is InChI=1S/C16H16N4O5/c1-7-10(15(23)20-19-7)11(8-5-3-4-6-9(8)25-2)12-13(21)17-16(24)18-14(12)22/h3-6,11-12H,1-2H3,(H2,19,20,23)(H2,17,18,21,22,24). The van der Waals surface area contributed by atoms with Gasteiger partial charge in [-0.05, 0) is 13.0 Å². The van der Waals surface area contributed by atoms with E-state index in [1.54, 1.807) is 31.2 Å². The van der Waals surface area contributed by atoms with E-state index in [9.17, 15) is 19.2 Å². The molecule has 1 fully saturated rings. The number of amides is 4. The number of ether oxygens (including phenoxy) is 1. The van der Waals surface area contributed by atoms with Gasteiger partial charge in [-0.1, -0.05) is 18.2 Å². The predicted octanol–water partition coefficient (Wildman–Crippen LogP) is 0.134. The maximum atomic E-state index is 12.4. The smallest absolute Gasteiger partial charge is 0.328 e. The Morgan fingerprint density at radius 3 is 2.20 bits per heavy atom. The minimum absolute atomic E-state index is 0.231. The Balaban J connectivity index is 2.23. The lowest BCUT2D eigenvalue weighted by molar-refractivity contribution is -0.136. The molecule has 4 amide bonds. The van der Waals surface area contributed by atoms with E-state index >= 15 is 0 Å². The molecule has 130 valence electrons. The largest absolute Gasteiger partial charge is 0.496 e. The molecule has 3 rings (SSSR count). The van der Waals surface area contributed by atoms with Crippen molar-refractivity contribution in [1.29, 1.82) is 0 Å². The van der Waals surface area contributed by atoms with Gasteiger partial charge in [0.1, 0.15) is 11.7 Å². The number of nitrogens with one attached hydrogen (secondary N) is 4. The van der Waals surface area contributed by atoms with Crippen molar-refractivity contribution in [3.05, 3.63) is 51.4 Å². The zero-order valence-electron chi connectivity index (χ0n) is 13.5. The first-order chi connectivity index (χ1) is 11.9. The number of imide groups is 2. The van der Waals surface area contributed by atoms with Gasteiger partial charge >= 0.3 is 6.03 Å². The average molecular weight is 344 g/mol. The zero-order valence-corrected chi connectivity index (χ0v) is 13.5. The predicted molar refractivity (Wildman–Crippen MR) is 86.2 cm³/mol. The van der Waals surface area contributed by atoms with Crippen LogP contribution in [0.25, 0.3) is 0 Å². The normalized spacial score (nSPS) is 16.3. The fourth-order valence-corrected chi connectivity index (χ4v) is 3.09. The number of urea groups is 1. The summed E-state index contributed by atoms with van der Waals surface area (Å²) in [7, 11) is 1.45. The first kappa shape index (κ1) is 16.5. The molecule has 2 heterocycles. The number of carbonyl (C=O) groups excluding carboxylic acids is 3. The second-order valence-electron chi connectivity index (χ2n) is 5.62. The Kier molecular flexibility index (Phi) is 4.14. The highest BCUT2D eigenvalue weighted by molar-refractivity contribution is 6.17. The van der Waals surface area contributed by atoms with E-state index in [1.807, 2.05) is 0 Å². The van der Waals surface area contributed by atoms with E-state index in [4.69, 9.17) is 4.74 Å². The second kappa shape index (κ2) is 6.27. The summed E-state index contributed by atoms with van der Waals surface area (Å²) in [6, 6.07) is 5.90. The molecule has 1 atom stereocenters. The molecule has 0 saturated carbocycles. The van der Waals surface area contributed by atoms with Gasteiger partial charge in [-0.25, -0.2) is 4.79 Å². The number of hydrogen-bond acceptors (Lipinski definition) is 5. The molecule has 4 N–H and O–H groups in total. The molecule has 1 saturated heterocycles. The Labute approximate surface area is 141 Å². The van der Waals surface area contributed by atoms with Gasteiger partial charge in [0.2, 0.25) is 11.8 Å². The Bertz CT molecular complexity index is 893. The average Bonchev–Trinajstić information content (AvgIpc) is 2.89. The number of carbonyl (C=O) groups is 3. The van der Waals surface area contributed by atoms with Crippen LogP contribution in [0.1, 0.15) is 22.7 Å². The molecule has 0 radical (unpaired) electrons. The Morgan fingerprint density at radius 2 is 1.64 bits per heavy atom. The maximum absolute atomic E-state index is 12.4. The first-order valence-electron chi connectivity index (χ1n) is 7.49. The molecule has 9 nitrogen and oxygen atoms in total. The van der Waals surface area contributed by atoms with E-state index in [1.165, 1.54) is 7.11 Å². The molecule has 1 aromatic heterocycles. The summed E-state index contributed by atoms with van der Waals surface area (Å²) in [5, 5.41) is 9.29. The molecular formula is C16H16N4O5. The highest BCUT2D eigenvalue weighted by Crippen LogP contribution is 2.37. The van der Waals surface area contributed by atoms with Crippen LogP contribution in [-0.4, -0.2) is 35.2 Å². The second-order valence-corrected chi connectivity index (χ2v) is 5.62. The van der Waals surface area contributed by atoms with Crippen LogP contribution in [0.15, 0.2) is 29.1 Å². The van der Waals surface area contributed by atoms with Crippen LogP contribution in [0.3, 0.4) is 0 Å². The summed E-state index contributed by atoms with van der Waals surface area (Å²) >= 11 is 0. The molecule has 1 aromatic carbocycles. The topological polar surface area (TPSA) is 133 Å². The van der Waals surface area contributed by atoms with Crippen molar-refractivity contribution in [2.45, 2.75) is 12.8 Å². The fraction of sp³-hybridized carbons (Fsp3) is 0.250. The van der Waals surface area contributed by atoms with Crippen molar-refractivity contribution in [3.8, 4) is 5.75 Å². The van der Waals surface area contributed by atoms with Gasteiger partial charge in [-0.2, -0.15) is 0 Å². The number of barbiturate groups is 1. The fourth-order valence-electron chi connectivity index (χ4n) is 3.09. The third-order valence-corrected chi connectivity index (χ3v) is 4.17. The summed E-state index contributed by atoms with van der Waals surface area (Å²) in [6.07, 6.45) is 0. The zero-order chi connectivity index (χ0) is 18.1. The van der Waals surface area contributed by atoms with Crippen LogP contribution < -0.4 is 20.9 Å². The van der Waals surface area contributed by atoms with Crippen LogP contribution in [0.4, 0.5) is 4.79 Å². The molecule has 9 heteroatoms. The third-order valence-electron chi connectivity index (χ3n) is 4.17. The SMILES string of the molecule is COc1ccccc1C(c1c(C)[nH][nH]c1=O)C1C(=O)NC(=O)NC1=O. The van der Waals surface area contributed by atoms with Crippen molar-refractivity contribution in [2.75, 3.05) is 7.11 Å². The van der Waals surface area contributed by atoms with E-state index in [2.05, 4.69) is 20.8 Å². The van der Waals surface area contributed by atoms with E-state index in [0.29, 0.717) is 17.0 Å². The number of aryl methyl sites for hydroxylation is 1. The molecule has 0 spiro atoms. The number of H-pyrrole nitrogens is 2. The summed E-state index contributed by atoms with van der Waals surface area (Å²) in [4.78, 5) is 48.5. The molecule has 2 aromatic rings. The van der Waals surface area contributed by atoms with Crippen LogP contribution in [0.5, 0.6) is 5.75 Å². The Morgan fingerprint density at radius 1 is 1.00 bits per heavy atom. The number of rotatable bonds is 4. The summed E-state index contributed by atoms with van der Waals surface area (Å²) in [6.45, 7) is 1.65. The lowest BCUT2D eigenvalue weighted by atomic mass is 9.78. The molecule has 1 aliphatic heterocycles. The van der Waals surface area contributed by atoms with E-state index in [-0.39, 0.29) is 5.56 Å². The molecular weight excluding hydrogens is 328 g/mol. The van der Waals surface area contributed by atoms with Gasteiger partial charge in [-0.15, -0.1) is 0 Å². The number of aromatic amines is 2. The van der Waals surface area contributed by atoms with Crippen LogP contribution >= 0.6 is 0 Å². The first-order valence-corrected chi connectivity index (χ1v) is 7.49. The lowest BCUT2D eigenvalue weighted by Gasteiger charge is -2.29. The molecule has 25 heavy (non-hydrogen) atoms. The number of para-hydroxylation sites is 1. The van der Waals surface area contributed by atoms with Crippen molar-refractivity contribution in [3.63, 3.8) is 0 Å². The van der Waals surface area contributed by atoms with Gasteiger partial charge in [0.15, 0.2) is 0 Å². The van der Waals surface area contributed by atoms with Gasteiger partial charge in [0.25, 0.3) is 5.56 Å². The lowest BCUT2D eigenvalue weighted by Crippen LogP contribution is -2.57. The van der Waals surface area contributed by atoms with Crippen molar-refractivity contribution in [1.82, 2.24) is 20.8 Å². The van der Waals surface area contributed by atoms with Gasteiger partial charge in [-0.3, -0.25) is 30.1 Å². The molecule has 0 aliphatic carbocycles. The maximum Gasteiger partial charge on any atom is 0.328 e. The van der Waals surface area contributed by atoms with E-state index in [0.717, 1.165) is 0 Å². The van der Waals surface area contributed by atoms with Gasteiger partial charge in [0, 0.05) is 22.7 Å². The van der Waals surface area contributed by atoms with Crippen molar-refractivity contribution >= 4 is 17.8 Å². The highest BCUT2D eigenvalue weighted by Gasteiger charge is 2.44. The molecule has 1 aliphatic rings. The van der Waals surface area contributed by atoms with Gasteiger partial charge in [0.05, 0.1) is 7.11 Å². The number of aromatic nitrogens is 2. The van der Waals surface area contributed by atoms with Crippen LogP contribution in [0.2, 0.25) is 0 Å². The van der Waals surface area contributed by atoms with Gasteiger partial charge < -0.3 is 9.84 Å². The number of hydrogen-bond donors (Lipinski definition) is 4. The molecule has 0 bridgehead atoms. The number of methoxy groups -OCH3 is 1. The summed E-state index contributed by atoms with van der Waals surface area (Å²) in [5.41, 5.74) is 0.751.